The lowest BCUT2D eigenvalue weighted by Gasteiger charge is -2.09. The van der Waals surface area contributed by atoms with Crippen molar-refractivity contribution in [3.8, 4) is 0 Å². The number of carbonyl (C=O) groups is 1. The number of aromatic nitrogens is 2. The van der Waals surface area contributed by atoms with Gasteiger partial charge in [0.05, 0.1) is 5.69 Å². The van der Waals surface area contributed by atoms with Gasteiger partial charge in [-0.3, -0.25) is 10.1 Å². The zero-order valence-electron chi connectivity index (χ0n) is 10.6. The molecule has 0 aromatic carbocycles. The minimum absolute atomic E-state index is 0.206. The second kappa shape index (κ2) is 5.07. The molecule has 1 aliphatic heterocycles. The summed E-state index contributed by atoms with van der Waals surface area (Å²) in [5.74, 6) is -0.206. The molecule has 0 fully saturated rings. The van der Waals surface area contributed by atoms with Crippen molar-refractivity contribution in [2.75, 3.05) is 11.9 Å². The summed E-state index contributed by atoms with van der Waals surface area (Å²) >= 11 is 1.53. The third-order valence-corrected chi connectivity index (χ3v) is 3.96. The van der Waals surface area contributed by atoms with Crippen molar-refractivity contribution in [3.63, 3.8) is 0 Å². The molecule has 0 saturated carbocycles. The summed E-state index contributed by atoms with van der Waals surface area (Å²) in [6.07, 6.45) is 0.921. The molecule has 2 aromatic rings. The number of rotatable bonds is 2. The van der Waals surface area contributed by atoms with Crippen LogP contribution in [0.1, 0.15) is 26.8 Å². The first-order valence-corrected chi connectivity index (χ1v) is 6.98. The summed E-state index contributed by atoms with van der Waals surface area (Å²) in [6, 6.07) is 5.40. The number of nitrogens with one attached hydrogen (secondary N) is 2. The number of fused-ring (bicyclic) bond motifs is 1. The van der Waals surface area contributed by atoms with Crippen LogP contribution in [0.25, 0.3) is 0 Å². The number of hydrogen-bond acceptors (Lipinski definition) is 5. The van der Waals surface area contributed by atoms with Gasteiger partial charge < -0.3 is 5.32 Å². The van der Waals surface area contributed by atoms with Crippen LogP contribution in [0.2, 0.25) is 0 Å². The fourth-order valence-corrected chi connectivity index (χ4v) is 2.98. The normalized spacial score (nSPS) is 13.9. The van der Waals surface area contributed by atoms with Gasteiger partial charge >= 0.3 is 0 Å². The van der Waals surface area contributed by atoms with Gasteiger partial charge in [-0.05, 0) is 19.1 Å². The Kier molecular flexibility index (Phi) is 3.27. The minimum Gasteiger partial charge on any atom is -0.311 e. The second-order valence-electron chi connectivity index (χ2n) is 4.43. The largest absolute Gasteiger partial charge is 0.311 e. The molecule has 0 unspecified atom stereocenters. The summed E-state index contributed by atoms with van der Waals surface area (Å²) in [7, 11) is 0. The lowest BCUT2D eigenvalue weighted by Crippen LogP contribution is -2.22. The van der Waals surface area contributed by atoms with Crippen LogP contribution < -0.4 is 10.6 Å². The molecule has 1 amide bonds. The van der Waals surface area contributed by atoms with E-state index in [1.807, 2.05) is 19.1 Å². The number of nitrogens with zero attached hydrogens (tertiary/aromatic N) is 2. The summed E-state index contributed by atoms with van der Waals surface area (Å²) in [5, 5.41) is 6.77. The first-order chi connectivity index (χ1) is 9.22. The highest BCUT2D eigenvalue weighted by molar-refractivity contribution is 7.15. The van der Waals surface area contributed by atoms with Crippen molar-refractivity contribution >= 4 is 22.4 Å². The highest BCUT2D eigenvalue weighted by atomic mass is 32.1. The van der Waals surface area contributed by atoms with Crippen LogP contribution in [0, 0.1) is 6.92 Å². The van der Waals surface area contributed by atoms with Crippen LogP contribution >= 0.6 is 11.3 Å². The molecule has 2 N–H and O–H groups in total. The monoisotopic (exact) mass is 274 g/mol. The van der Waals surface area contributed by atoms with E-state index in [1.165, 1.54) is 16.2 Å². The van der Waals surface area contributed by atoms with Crippen LogP contribution in [-0.2, 0) is 13.0 Å². The third-order valence-electron chi connectivity index (χ3n) is 2.94. The molecule has 3 heterocycles. The SMILES string of the molecule is Cc1cccc(C(=O)Nc2nc3c(s2)CNCC3)n1. The van der Waals surface area contributed by atoms with Gasteiger partial charge in [-0.15, -0.1) is 11.3 Å². The van der Waals surface area contributed by atoms with Crippen molar-refractivity contribution in [1.29, 1.82) is 0 Å². The summed E-state index contributed by atoms with van der Waals surface area (Å²) < 4.78 is 0. The Morgan fingerprint density at radius 2 is 2.32 bits per heavy atom. The Morgan fingerprint density at radius 3 is 3.11 bits per heavy atom. The quantitative estimate of drug-likeness (QED) is 0.875. The fraction of sp³-hybridized carbons (Fsp3) is 0.308. The number of aryl methyl sites for hydroxylation is 1. The number of anilines is 1. The molecule has 2 aromatic heterocycles. The molecule has 0 spiro atoms. The van der Waals surface area contributed by atoms with Crippen LogP contribution in [0.3, 0.4) is 0 Å². The van der Waals surface area contributed by atoms with E-state index in [0.29, 0.717) is 10.8 Å². The Labute approximate surface area is 115 Å². The maximum absolute atomic E-state index is 12.1. The molecular weight excluding hydrogens is 260 g/mol. The molecule has 0 radical (unpaired) electrons. The molecule has 3 rings (SSSR count). The van der Waals surface area contributed by atoms with Gasteiger partial charge in [-0.2, -0.15) is 0 Å². The predicted octanol–water partition coefficient (Wildman–Crippen LogP) is 1.74. The summed E-state index contributed by atoms with van der Waals surface area (Å²) in [4.78, 5) is 21.9. The van der Waals surface area contributed by atoms with E-state index in [9.17, 15) is 4.79 Å². The maximum Gasteiger partial charge on any atom is 0.276 e. The standard InChI is InChI=1S/C13H14N4OS/c1-8-3-2-4-10(15-8)12(18)17-13-16-9-5-6-14-7-11(9)19-13/h2-4,14H,5-7H2,1H3,(H,16,17,18). The molecular formula is C13H14N4OS. The average molecular weight is 274 g/mol. The van der Waals surface area contributed by atoms with E-state index in [1.54, 1.807) is 6.07 Å². The Hall–Kier alpha value is -1.79. The summed E-state index contributed by atoms with van der Waals surface area (Å²) in [5.41, 5.74) is 2.35. The average Bonchev–Trinajstić information content (AvgIpc) is 2.80. The minimum atomic E-state index is -0.206. The molecule has 19 heavy (non-hydrogen) atoms. The lowest BCUT2D eigenvalue weighted by atomic mass is 10.2. The molecule has 0 atom stereocenters. The molecule has 6 heteroatoms. The molecule has 5 nitrogen and oxygen atoms in total. The van der Waals surface area contributed by atoms with Gasteiger partial charge in [-0.1, -0.05) is 6.07 Å². The molecule has 0 bridgehead atoms. The van der Waals surface area contributed by atoms with Gasteiger partial charge in [0.15, 0.2) is 5.13 Å². The first-order valence-electron chi connectivity index (χ1n) is 6.17. The fourth-order valence-electron chi connectivity index (χ4n) is 2.01. The van der Waals surface area contributed by atoms with Crippen molar-refractivity contribution in [3.05, 3.63) is 40.2 Å². The molecule has 0 saturated heterocycles. The van der Waals surface area contributed by atoms with E-state index >= 15 is 0 Å². The lowest BCUT2D eigenvalue weighted by molar-refractivity contribution is 0.102. The Balaban J connectivity index is 1.77. The van der Waals surface area contributed by atoms with Crippen molar-refractivity contribution < 1.29 is 4.79 Å². The first kappa shape index (κ1) is 12.3. The van der Waals surface area contributed by atoms with Gasteiger partial charge in [0.25, 0.3) is 5.91 Å². The number of carbonyl (C=O) groups excluding carboxylic acids is 1. The summed E-state index contributed by atoms with van der Waals surface area (Å²) in [6.45, 7) is 3.65. The van der Waals surface area contributed by atoms with Crippen LogP contribution in [0.15, 0.2) is 18.2 Å². The van der Waals surface area contributed by atoms with E-state index in [4.69, 9.17) is 0 Å². The van der Waals surface area contributed by atoms with Crippen molar-refractivity contribution in [2.45, 2.75) is 19.9 Å². The highest BCUT2D eigenvalue weighted by Crippen LogP contribution is 2.25. The predicted molar refractivity (Wildman–Crippen MR) is 74.5 cm³/mol. The molecule has 98 valence electrons. The third kappa shape index (κ3) is 2.64. The van der Waals surface area contributed by atoms with Crippen LogP contribution in [0.4, 0.5) is 5.13 Å². The van der Waals surface area contributed by atoms with Gasteiger partial charge in [-0.25, -0.2) is 9.97 Å². The van der Waals surface area contributed by atoms with Gasteiger partial charge in [0, 0.05) is 30.1 Å². The highest BCUT2D eigenvalue weighted by Gasteiger charge is 2.16. The number of hydrogen-bond donors (Lipinski definition) is 2. The van der Waals surface area contributed by atoms with Crippen LogP contribution in [0.5, 0.6) is 0 Å². The van der Waals surface area contributed by atoms with E-state index < -0.39 is 0 Å². The molecule has 0 aliphatic carbocycles. The van der Waals surface area contributed by atoms with Gasteiger partial charge in [0.1, 0.15) is 5.69 Å². The zero-order valence-corrected chi connectivity index (χ0v) is 11.4. The van der Waals surface area contributed by atoms with Crippen molar-refractivity contribution in [2.24, 2.45) is 0 Å². The molecule has 1 aliphatic rings. The smallest absolute Gasteiger partial charge is 0.276 e. The van der Waals surface area contributed by atoms with Crippen molar-refractivity contribution in [1.82, 2.24) is 15.3 Å². The second-order valence-corrected chi connectivity index (χ2v) is 5.52. The van der Waals surface area contributed by atoms with E-state index in [2.05, 4.69) is 20.6 Å². The van der Waals surface area contributed by atoms with E-state index in [0.717, 1.165) is 30.9 Å². The topological polar surface area (TPSA) is 66.9 Å². The van der Waals surface area contributed by atoms with E-state index in [-0.39, 0.29) is 5.91 Å². The Bertz CT molecular complexity index is 599. The number of amides is 1. The number of pyridine rings is 1. The zero-order chi connectivity index (χ0) is 13.2. The Morgan fingerprint density at radius 1 is 1.42 bits per heavy atom. The number of thiazole rings is 1. The van der Waals surface area contributed by atoms with Crippen LogP contribution in [-0.4, -0.2) is 22.4 Å². The maximum atomic E-state index is 12.1. The van der Waals surface area contributed by atoms with Gasteiger partial charge in [0.2, 0.25) is 0 Å².